The van der Waals surface area contributed by atoms with Gasteiger partial charge in [-0.15, -0.1) is 0 Å². The second kappa shape index (κ2) is 7.73. The maximum atomic E-state index is 6.37. The number of hydrogen-bond donors (Lipinski definition) is 1. The molecule has 1 N–H and O–H groups in total. The van der Waals surface area contributed by atoms with Gasteiger partial charge in [0.15, 0.2) is 0 Å². The van der Waals surface area contributed by atoms with Crippen LogP contribution >= 0.6 is 27.5 Å². The third-order valence-electron chi connectivity index (χ3n) is 3.03. The first kappa shape index (κ1) is 16.2. The molecule has 21 heavy (non-hydrogen) atoms. The van der Waals surface area contributed by atoms with Crippen LogP contribution in [0.5, 0.6) is 5.88 Å². The third kappa shape index (κ3) is 3.93. The van der Waals surface area contributed by atoms with Gasteiger partial charge in [0.25, 0.3) is 0 Å². The summed E-state index contributed by atoms with van der Waals surface area (Å²) < 4.78 is 6.30. The van der Waals surface area contributed by atoms with Crippen LogP contribution in [0.1, 0.15) is 30.6 Å². The molecular formula is C15H17BrClN3O. The lowest BCUT2D eigenvalue weighted by Gasteiger charge is -2.21. The van der Waals surface area contributed by atoms with Gasteiger partial charge in [0.1, 0.15) is 5.69 Å². The Labute approximate surface area is 138 Å². The molecule has 0 spiro atoms. The average Bonchev–Trinajstić information content (AvgIpc) is 2.51. The molecule has 0 aliphatic heterocycles. The van der Waals surface area contributed by atoms with Crippen LogP contribution in [-0.4, -0.2) is 23.6 Å². The van der Waals surface area contributed by atoms with E-state index in [0.29, 0.717) is 10.9 Å². The van der Waals surface area contributed by atoms with Crippen LogP contribution in [0.15, 0.2) is 35.1 Å². The van der Waals surface area contributed by atoms with Crippen molar-refractivity contribution in [3.05, 3.63) is 51.3 Å². The molecule has 112 valence electrons. The van der Waals surface area contributed by atoms with Crippen LogP contribution in [0.3, 0.4) is 0 Å². The number of nitrogens with one attached hydrogen (secondary N) is 1. The van der Waals surface area contributed by atoms with Crippen molar-refractivity contribution >= 4 is 27.5 Å². The van der Waals surface area contributed by atoms with Crippen LogP contribution in [-0.2, 0) is 0 Å². The van der Waals surface area contributed by atoms with Gasteiger partial charge in [-0.25, -0.2) is 4.98 Å². The van der Waals surface area contributed by atoms with E-state index in [4.69, 9.17) is 16.3 Å². The largest absolute Gasteiger partial charge is 0.480 e. The number of nitrogens with zero attached hydrogens (tertiary/aromatic N) is 2. The highest BCUT2D eigenvalue weighted by Crippen LogP contribution is 2.32. The average molecular weight is 371 g/mol. The molecule has 0 aliphatic rings. The Kier molecular flexibility index (Phi) is 5.96. The molecule has 0 radical (unpaired) electrons. The van der Waals surface area contributed by atoms with E-state index in [9.17, 15) is 0 Å². The lowest BCUT2D eigenvalue weighted by atomic mass is 10.0. The van der Waals surface area contributed by atoms with Gasteiger partial charge in [-0.3, -0.25) is 4.98 Å². The standard InChI is InChI=1S/C15H17BrClN3O/c1-3-6-18-13(11-9-10(16)4-5-12(11)17)14-15(21-2)20-8-7-19-14/h4-5,7-9,13,18H,3,6H2,1-2H3. The summed E-state index contributed by atoms with van der Waals surface area (Å²) in [6, 6.07) is 5.60. The molecule has 4 nitrogen and oxygen atoms in total. The Balaban J connectivity index is 2.49. The predicted octanol–water partition coefficient (Wildman–Crippen LogP) is 3.99. The van der Waals surface area contributed by atoms with Gasteiger partial charge < -0.3 is 10.1 Å². The minimum absolute atomic E-state index is 0.168. The van der Waals surface area contributed by atoms with Crippen LogP contribution in [0.25, 0.3) is 0 Å². The maximum Gasteiger partial charge on any atom is 0.237 e. The highest BCUT2D eigenvalue weighted by molar-refractivity contribution is 9.10. The minimum Gasteiger partial charge on any atom is -0.480 e. The second-order valence-corrected chi connectivity index (χ2v) is 5.83. The summed E-state index contributed by atoms with van der Waals surface area (Å²) >= 11 is 9.85. The quantitative estimate of drug-likeness (QED) is 0.835. The van der Waals surface area contributed by atoms with Crippen molar-refractivity contribution in [1.29, 1.82) is 0 Å². The Morgan fingerprint density at radius 2 is 2.10 bits per heavy atom. The number of ether oxygens (including phenoxy) is 1. The normalized spacial score (nSPS) is 12.2. The highest BCUT2D eigenvalue weighted by atomic mass is 79.9. The molecule has 0 saturated carbocycles. The predicted molar refractivity (Wildman–Crippen MR) is 87.9 cm³/mol. The molecular weight excluding hydrogens is 354 g/mol. The monoisotopic (exact) mass is 369 g/mol. The summed E-state index contributed by atoms with van der Waals surface area (Å²) in [6.07, 6.45) is 4.27. The molecule has 0 saturated heterocycles. The zero-order valence-corrected chi connectivity index (χ0v) is 14.3. The van der Waals surface area contributed by atoms with Crippen molar-refractivity contribution in [1.82, 2.24) is 15.3 Å². The summed E-state index contributed by atoms with van der Waals surface area (Å²) in [5.74, 6) is 0.502. The lowest BCUT2D eigenvalue weighted by molar-refractivity contribution is 0.382. The van der Waals surface area contributed by atoms with E-state index in [2.05, 4.69) is 38.1 Å². The van der Waals surface area contributed by atoms with Crippen LogP contribution < -0.4 is 10.1 Å². The van der Waals surface area contributed by atoms with Gasteiger partial charge in [0.05, 0.1) is 13.2 Å². The second-order valence-electron chi connectivity index (χ2n) is 4.50. The zero-order chi connectivity index (χ0) is 15.2. The van der Waals surface area contributed by atoms with Gasteiger partial charge in [-0.1, -0.05) is 34.5 Å². The fourth-order valence-corrected chi connectivity index (χ4v) is 2.68. The summed E-state index contributed by atoms with van der Waals surface area (Å²) in [5.41, 5.74) is 1.67. The molecule has 2 aromatic rings. The fraction of sp³-hybridized carbons (Fsp3) is 0.333. The summed E-state index contributed by atoms with van der Waals surface area (Å²) in [7, 11) is 1.59. The smallest absolute Gasteiger partial charge is 0.237 e. The summed E-state index contributed by atoms with van der Waals surface area (Å²) in [6.45, 7) is 2.95. The number of rotatable bonds is 6. The molecule has 0 amide bonds. The van der Waals surface area contributed by atoms with Gasteiger partial charge in [0.2, 0.25) is 5.88 Å². The van der Waals surface area contributed by atoms with Gasteiger partial charge in [-0.05, 0) is 36.7 Å². The number of methoxy groups -OCH3 is 1. The van der Waals surface area contributed by atoms with Gasteiger partial charge in [0, 0.05) is 21.9 Å². The zero-order valence-electron chi connectivity index (χ0n) is 11.9. The van der Waals surface area contributed by atoms with E-state index < -0.39 is 0 Å². The Morgan fingerprint density at radius 1 is 1.33 bits per heavy atom. The molecule has 0 aliphatic carbocycles. The summed E-state index contributed by atoms with van der Waals surface area (Å²) in [4.78, 5) is 8.65. The van der Waals surface area contributed by atoms with E-state index in [1.807, 2.05) is 18.2 Å². The molecule has 1 aromatic carbocycles. The number of halogens is 2. The highest BCUT2D eigenvalue weighted by Gasteiger charge is 2.22. The van der Waals surface area contributed by atoms with Gasteiger partial charge >= 0.3 is 0 Å². The third-order valence-corrected chi connectivity index (χ3v) is 3.86. The van der Waals surface area contributed by atoms with E-state index >= 15 is 0 Å². The maximum absolute atomic E-state index is 6.37. The van der Waals surface area contributed by atoms with E-state index in [-0.39, 0.29) is 6.04 Å². The molecule has 1 aromatic heterocycles. The molecule has 1 atom stereocenters. The molecule has 6 heteroatoms. The summed E-state index contributed by atoms with van der Waals surface area (Å²) in [5, 5.41) is 4.14. The first-order chi connectivity index (χ1) is 10.2. The number of benzene rings is 1. The number of aromatic nitrogens is 2. The van der Waals surface area contributed by atoms with E-state index in [1.54, 1.807) is 19.5 Å². The number of hydrogen-bond acceptors (Lipinski definition) is 4. The molecule has 1 heterocycles. The minimum atomic E-state index is -0.168. The SMILES string of the molecule is CCCNC(c1cc(Br)ccc1Cl)c1nccnc1OC. The van der Waals surface area contributed by atoms with Crippen LogP contribution in [0, 0.1) is 0 Å². The molecule has 2 rings (SSSR count). The Bertz CT molecular complexity index is 609. The van der Waals surface area contributed by atoms with Crippen molar-refractivity contribution < 1.29 is 4.74 Å². The van der Waals surface area contributed by atoms with Crippen LogP contribution in [0.2, 0.25) is 5.02 Å². The van der Waals surface area contributed by atoms with Crippen molar-refractivity contribution in [2.75, 3.05) is 13.7 Å². The first-order valence-corrected chi connectivity index (χ1v) is 7.87. The van der Waals surface area contributed by atoms with Crippen molar-refractivity contribution in [2.45, 2.75) is 19.4 Å². The topological polar surface area (TPSA) is 47.0 Å². The van der Waals surface area contributed by atoms with Gasteiger partial charge in [-0.2, -0.15) is 0 Å². The molecule has 0 fully saturated rings. The first-order valence-electron chi connectivity index (χ1n) is 6.70. The van der Waals surface area contributed by atoms with Crippen LogP contribution in [0.4, 0.5) is 0 Å². The Morgan fingerprint density at radius 3 is 2.81 bits per heavy atom. The molecule has 0 bridgehead atoms. The molecule has 1 unspecified atom stereocenters. The van der Waals surface area contributed by atoms with E-state index in [1.165, 1.54) is 0 Å². The lowest BCUT2D eigenvalue weighted by Crippen LogP contribution is -2.25. The van der Waals surface area contributed by atoms with Crippen molar-refractivity contribution in [3.8, 4) is 5.88 Å². The van der Waals surface area contributed by atoms with Crippen molar-refractivity contribution in [2.24, 2.45) is 0 Å². The Hall–Kier alpha value is -1.17. The van der Waals surface area contributed by atoms with E-state index in [0.717, 1.165) is 28.7 Å². The van der Waals surface area contributed by atoms with Crippen molar-refractivity contribution in [3.63, 3.8) is 0 Å². The fourth-order valence-electron chi connectivity index (χ4n) is 2.07.